The minimum atomic E-state index is -0.928. The Labute approximate surface area is 201 Å². The highest BCUT2D eigenvalue weighted by Crippen LogP contribution is 2.37. The van der Waals surface area contributed by atoms with Gasteiger partial charge in [0.05, 0.1) is 24.1 Å². The van der Waals surface area contributed by atoms with E-state index in [9.17, 15) is 4.79 Å². The topological polar surface area (TPSA) is 151 Å². The molecule has 0 spiro atoms. The van der Waals surface area contributed by atoms with Gasteiger partial charge in [0.2, 0.25) is 5.95 Å². The summed E-state index contributed by atoms with van der Waals surface area (Å²) in [5.74, 6) is 1.46. The zero-order valence-corrected chi connectivity index (χ0v) is 19.7. The Kier molecular flexibility index (Phi) is 5.62. The van der Waals surface area contributed by atoms with Gasteiger partial charge in [0.1, 0.15) is 11.3 Å². The molecule has 2 aliphatic rings. The van der Waals surface area contributed by atoms with Crippen LogP contribution in [-0.2, 0) is 9.53 Å². The normalized spacial score (nSPS) is 18.3. The number of methoxy groups -OCH3 is 1. The lowest BCUT2D eigenvalue weighted by atomic mass is 9.91. The molecule has 0 aliphatic carbocycles. The van der Waals surface area contributed by atoms with Gasteiger partial charge in [-0.15, -0.1) is 0 Å². The Balaban J connectivity index is 1.40. The molecule has 1 fully saturated rings. The molecule has 0 atom stereocenters. The SMILES string of the molecule is COC1(CN=[N+]=[N-])CCN(c2nc(Nc3ccc4c(c3)NC(=O)C(C)(C)O4)nc3ccoc23)CC1. The van der Waals surface area contributed by atoms with E-state index in [0.29, 0.717) is 65.9 Å². The van der Waals surface area contributed by atoms with Crippen LogP contribution in [0.3, 0.4) is 0 Å². The average Bonchev–Trinajstić information content (AvgIpc) is 3.32. The van der Waals surface area contributed by atoms with Crippen molar-refractivity contribution in [3.05, 3.63) is 41.0 Å². The summed E-state index contributed by atoms with van der Waals surface area (Å²) in [4.78, 5) is 26.6. The van der Waals surface area contributed by atoms with Crippen LogP contribution in [0.2, 0.25) is 0 Å². The highest BCUT2D eigenvalue weighted by atomic mass is 16.5. The lowest BCUT2D eigenvalue weighted by Crippen LogP contribution is -2.47. The van der Waals surface area contributed by atoms with Crippen LogP contribution in [0.4, 0.5) is 23.1 Å². The summed E-state index contributed by atoms with van der Waals surface area (Å²) in [5, 5.41) is 9.84. The number of aromatic nitrogens is 2. The number of hydrogen-bond acceptors (Lipinski definition) is 9. The maximum atomic E-state index is 12.3. The molecule has 35 heavy (non-hydrogen) atoms. The van der Waals surface area contributed by atoms with Crippen LogP contribution in [0.1, 0.15) is 26.7 Å². The van der Waals surface area contributed by atoms with Crippen molar-refractivity contribution in [2.24, 2.45) is 5.11 Å². The summed E-state index contributed by atoms with van der Waals surface area (Å²) >= 11 is 0. The maximum absolute atomic E-state index is 12.3. The van der Waals surface area contributed by atoms with Crippen LogP contribution in [0, 0.1) is 0 Å². The van der Waals surface area contributed by atoms with Crippen molar-refractivity contribution in [3.8, 4) is 5.75 Å². The molecule has 4 heterocycles. The molecule has 2 aromatic heterocycles. The first-order chi connectivity index (χ1) is 16.8. The molecule has 3 aromatic rings. The highest BCUT2D eigenvalue weighted by molar-refractivity contribution is 6.00. The zero-order chi connectivity index (χ0) is 24.6. The molecule has 1 saturated heterocycles. The van der Waals surface area contributed by atoms with E-state index in [1.807, 2.05) is 6.07 Å². The van der Waals surface area contributed by atoms with Crippen molar-refractivity contribution in [1.82, 2.24) is 9.97 Å². The van der Waals surface area contributed by atoms with Crippen molar-refractivity contribution < 1.29 is 18.7 Å². The monoisotopic (exact) mass is 478 g/mol. The number of fused-ring (bicyclic) bond motifs is 2. The van der Waals surface area contributed by atoms with Crippen LogP contribution in [-0.4, -0.2) is 53.8 Å². The van der Waals surface area contributed by atoms with E-state index in [4.69, 9.17) is 24.4 Å². The van der Waals surface area contributed by atoms with Gasteiger partial charge < -0.3 is 29.4 Å². The number of anilines is 4. The molecule has 0 bridgehead atoms. The Bertz CT molecular complexity index is 1320. The van der Waals surface area contributed by atoms with Gasteiger partial charge in [0.25, 0.3) is 5.91 Å². The number of rotatable bonds is 6. The molecule has 12 nitrogen and oxygen atoms in total. The number of ether oxygens (including phenoxy) is 2. The minimum Gasteiger partial charge on any atom is -0.476 e. The van der Waals surface area contributed by atoms with E-state index in [0.717, 1.165) is 0 Å². The van der Waals surface area contributed by atoms with Crippen molar-refractivity contribution in [2.45, 2.75) is 37.9 Å². The Morgan fingerprint density at radius 1 is 1.29 bits per heavy atom. The molecule has 1 aromatic carbocycles. The van der Waals surface area contributed by atoms with Gasteiger partial charge in [-0.05, 0) is 50.4 Å². The molecule has 5 rings (SSSR count). The second kappa shape index (κ2) is 8.64. The molecule has 1 amide bonds. The van der Waals surface area contributed by atoms with Crippen LogP contribution in [0.15, 0.2) is 40.1 Å². The number of amides is 1. The fourth-order valence-electron chi connectivity index (χ4n) is 4.35. The molecule has 2 aliphatic heterocycles. The Morgan fingerprint density at radius 3 is 2.83 bits per heavy atom. The molecule has 0 radical (unpaired) electrons. The summed E-state index contributed by atoms with van der Waals surface area (Å²) in [7, 11) is 1.65. The molecule has 12 heteroatoms. The van der Waals surface area contributed by atoms with E-state index in [1.165, 1.54) is 0 Å². The molecule has 2 N–H and O–H groups in total. The third-order valence-corrected chi connectivity index (χ3v) is 6.51. The summed E-state index contributed by atoms with van der Waals surface area (Å²) in [6.07, 6.45) is 2.95. The van der Waals surface area contributed by atoms with Crippen molar-refractivity contribution in [2.75, 3.05) is 42.3 Å². The molecule has 0 saturated carbocycles. The fraction of sp³-hybridized carbons (Fsp3) is 0.435. The van der Waals surface area contributed by atoms with Crippen LogP contribution in [0.5, 0.6) is 5.75 Å². The van der Waals surface area contributed by atoms with Crippen LogP contribution in [0.25, 0.3) is 21.5 Å². The van der Waals surface area contributed by atoms with E-state index >= 15 is 0 Å². The lowest BCUT2D eigenvalue weighted by molar-refractivity contribution is -0.129. The summed E-state index contributed by atoms with van der Waals surface area (Å²) in [6.45, 7) is 5.04. The number of benzene rings is 1. The van der Waals surface area contributed by atoms with Crippen LogP contribution < -0.4 is 20.3 Å². The quantitative estimate of drug-likeness (QED) is 0.301. The van der Waals surface area contributed by atoms with Crippen molar-refractivity contribution >= 4 is 40.1 Å². The smallest absolute Gasteiger partial charge is 0.268 e. The minimum absolute atomic E-state index is 0.210. The van der Waals surface area contributed by atoms with Crippen molar-refractivity contribution in [3.63, 3.8) is 0 Å². The second-order valence-corrected chi connectivity index (χ2v) is 9.17. The predicted octanol–water partition coefficient (Wildman–Crippen LogP) is 4.37. The van der Waals surface area contributed by atoms with Gasteiger partial charge in [-0.2, -0.15) is 4.98 Å². The number of nitrogens with one attached hydrogen (secondary N) is 2. The number of piperidine rings is 1. The largest absolute Gasteiger partial charge is 0.476 e. The standard InChI is InChI=1S/C23H26N8O4/c1-22(2)20(32)27-16-12-14(4-5-17(16)35-22)26-21-28-15-6-11-34-18(15)19(29-21)31-9-7-23(33-3,8-10-31)13-25-30-24/h4-6,11-12H,7-10,13H2,1-3H3,(H,27,32)(H,26,28,29). The first-order valence-electron chi connectivity index (χ1n) is 11.3. The number of furan rings is 1. The van der Waals surface area contributed by atoms with Gasteiger partial charge >= 0.3 is 0 Å². The second-order valence-electron chi connectivity index (χ2n) is 9.17. The van der Waals surface area contributed by atoms with E-state index in [-0.39, 0.29) is 12.5 Å². The maximum Gasteiger partial charge on any atom is 0.268 e. The van der Waals surface area contributed by atoms with Gasteiger partial charge in [-0.3, -0.25) is 4.79 Å². The fourth-order valence-corrected chi connectivity index (χ4v) is 4.35. The number of azide groups is 1. The predicted molar refractivity (Wildman–Crippen MR) is 130 cm³/mol. The molecule has 0 unspecified atom stereocenters. The summed E-state index contributed by atoms with van der Waals surface area (Å²) < 4.78 is 17.2. The average molecular weight is 479 g/mol. The molecule has 182 valence electrons. The van der Waals surface area contributed by atoms with Gasteiger partial charge in [-0.25, -0.2) is 4.98 Å². The van der Waals surface area contributed by atoms with E-state index in [1.54, 1.807) is 45.4 Å². The first kappa shape index (κ1) is 22.8. The zero-order valence-electron chi connectivity index (χ0n) is 19.7. The summed E-state index contributed by atoms with van der Waals surface area (Å²) in [6, 6.07) is 7.22. The molecular weight excluding hydrogens is 452 g/mol. The van der Waals surface area contributed by atoms with E-state index < -0.39 is 11.2 Å². The van der Waals surface area contributed by atoms with E-state index in [2.05, 4.69) is 30.5 Å². The lowest BCUT2D eigenvalue weighted by Gasteiger charge is -2.40. The number of carbonyl (C=O) groups excluding carboxylic acids is 1. The third kappa shape index (κ3) is 4.29. The number of hydrogen-bond donors (Lipinski definition) is 2. The third-order valence-electron chi connectivity index (χ3n) is 6.51. The number of carbonyl (C=O) groups is 1. The van der Waals surface area contributed by atoms with Gasteiger partial charge in [0, 0.05) is 36.9 Å². The first-order valence-corrected chi connectivity index (χ1v) is 11.3. The molecular formula is C23H26N8O4. The summed E-state index contributed by atoms with van der Waals surface area (Å²) in [5.41, 5.74) is 9.86. The highest BCUT2D eigenvalue weighted by Gasteiger charge is 2.36. The van der Waals surface area contributed by atoms with Gasteiger partial charge in [0.15, 0.2) is 17.0 Å². The van der Waals surface area contributed by atoms with Gasteiger partial charge in [-0.1, -0.05) is 5.11 Å². The Morgan fingerprint density at radius 2 is 2.09 bits per heavy atom. The van der Waals surface area contributed by atoms with Crippen molar-refractivity contribution in [1.29, 1.82) is 0 Å². The number of nitrogens with zero attached hydrogens (tertiary/aromatic N) is 6. The Hall–Kier alpha value is -4.02. The van der Waals surface area contributed by atoms with Crippen LogP contribution >= 0.6 is 0 Å².